The zero-order valence-corrected chi connectivity index (χ0v) is 7.51. The van der Waals surface area contributed by atoms with Gasteiger partial charge in [-0.25, -0.2) is 9.59 Å². The average Bonchev–Trinajstić information content (AvgIpc) is 2.15. The number of benzene rings is 1. The maximum absolute atomic E-state index is 10.5. The second kappa shape index (κ2) is 4.32. The van der Waals surface area contributed by atoms with Gasteiger partial charge in [-0.1, -0.05) is 0 Å². The van der Waals surface area contributed by atoms with Crippen LogP contribution >= 0.6 is 0 Å². The van der Waals surface area contributed by atoms with E-state index in [2.05, 4.69) is 0 Å². The molecule has 0 bridgehead atoms. The number of phenolic OH excluding ortho intramolecular Hbond substituents is 1. The highest BCUT2D eigenvalue weighted by molar-refractivity contribution is 5.88. The number of aromatic carboxylic acids is 1. The molecule has 0 aliphatic heterocycles. The van der Waals surface area contributed by atoms with Gasteiger partial charge in [-0.3, -0.25) is 0 Å². The topological polar surface area (TPSA) is 104 Å². The number of hydrogen-bond acceptors (Lipinski definition) is 4. The average molecular weight is 212 g/mol. The molecule has 6 heteroatoms. The number of carboxylic acids is 2. The first-order chi connectivity index (χ1) is 7.00. The van der Waals surface area contributed by atoms with Crippen LogP contribution in [0.2, 0.25) is 0 Å². The summed E-state index contributed by atoms with van der Waals surface area (Å²) in [6.45, 7) is -0.597. The lowest BCUT2D eigenvalue weighted by molar-refractivity contribution is -0.139. The largest absolute Gasteiger partial charge is 0.504 e. The number of aromatic hydroxyl groups is 1. The van der Waals surface area contributed by atoms with Crippen molar-refractivity contribution in [2.75, 3.05) is 6.61 Å². The molecule has 1 rings (SSSR count). The molecule has 15 heavy (non-hydrogen) atoms. The molecule has 0 amide bonds. The van der Waals surface area contributed by atoms with Crippen molar-refractivity contribution in [1.29, 1.82) is 0 Å². The minimum atomic E-state index is -1.19. The molecule has 0 radical (unpaired) electrons. The molecule has 0 aromatic heterocycles. The number of carboxylic acid groups (broad SMARTS) is 2. The van der Waals surface area contributed by atoms with E-state index in [4.69, 9.17) is 14.9 Å². The van der Waals surface area contributed by atoms with Crippen LogP contribution in [0.15, 0.2) is 18.2 Å². The second-order valence-corrected chi connectivity index (χ2v) is 2.67. The molecular formula is C9H8O6. The summed E-state index contributed by atoms with van der Waals surface area (Å²) in [4.78, 5) is 20.6. The van der Waals surface area contributed by atoms with Gasteiger partial charge in [0.25, 0.3) is 0 Å². The fourth-order valence-corrected chi connectivity index (χ4v) is 0.912. The van der Waals surface area contributed by atoms with E-state index in [1.807, 2.05) is 0 Å². The molecule has 3 N–H and O–H groups in total. The second-order valence-electron chi connectivity index (χ2n) is 2.67. The molecule has 1 aromatic carbocycles. The number of hydrogen-bond donors (Lipinski definition) is 3. The molecule has 0 unspecified atom stereocenters. The van der Waals surface area contributed by atoms with E-state index in [-0.39, 0.29) is 11.3 Å². The van der Waals surface area contributed by atoms with Crippen LogP contribution in [0.4, 0.5) is 0 Å². The van der Waals surface area contributed by atoms with Crippen molar-refractivity contribution in [3.05, 3.63) is 23.8 Å². The molecule has 0 heterocycles. The zero-order chi connectivity index (χ0) is 11.4. The summed E-state index contributed by atoms with van der Waals surface area (Å²) in [5, 5.41) is 26.2. The van der Waals surface area contributed by atoms with Crippen LogP contribution in [0.1, 0.15) is 10.4 Å². The van der Waals surface area contributed by atoms with Crippen LogP contribution in [-0.4, -0.2) is 33.9 Å². The van der Waals surface area contributed by atoms with Crippen molar-refractivity contribution in [2.24, 2.45) is 0 Å². The van der Waals surface area contributed by atoms with Crippen LogP contribution in [0.25, 0.3) is 0 Å². The highest BCUT2D eigenvalue weighted by Crippen LogP contribution is 2.26. The van der Waals surface area contributed by atoms with Gasteiger partial charge in [0.05, 0.1) is 5.56 Å². The Labute approximate surface area is 84.3 Å². The molecule has 0 fully saturated rings. The van der Waals surface area contributed by atoms with E-state index in [9.17, 15) is 14.7 Å². The van der Waals surface area contributed by atoms with Gasteiger partial charge in [0.15, 0.2) is 18.1 Å². The third-order valence-corrected chi connectivity index (χ3v) is 1.56. The molecule has 0 aliphatic carbocycles. The minimum Gasteiger partial charge on any atom is -0.504 e. The van der Waals surface area contributed by atoms with E-state index in [1.54, 1.807) is 0 Å². The predicted molar refractivity (Wildman–Crippen MR) is 48.2 cm³/mol. The fourth-order valence-electron chi connectivity index (χ4n) is 0.912. The normalized spacial score (nSPS) is 9.60. The first-order valence-corrected chi connectivity index (χ1v) is 3.91. The number of carbonyl (C=O) groups is 2. The SMILES string of the molecule is O=C(O)COc1ccc(C(=O)O)cc1O. The van der Waals surface area contributed by atoms with E-state index < -0.39 is 24.3 Å². The minimum absolute atomic E-state index is 0.0672. The zero-order valence-electron chi connectivity index (χ0n) is 7.51. The Morgan fingerprint density at radius 3 is 2.40 bits per heavy atom. The summed E-state index contributed by atoms with van der Waals surface area (Å²) < 4.78 is 4.69. The Kier molecular flexibility index (Phi) is 3.12. The van der Waals surface area contributed by atoms with Crippen molar-refractivity contribution in [2.45, 2.75) is 0 Å². The van der Waals surface area contributed by atoms with Crippen LogP contribution in [0, 0.1) is 0 Å². The van der Waals surface area contributed by atoms with E-state index in [1.165, 1.54) is 12.1 Å². The van der Waals surface area contributed by atoms with Gasteiger partial charge in [0.1, 0.15) is 0 Å². The van der Waals surface area contributed by atoms with Gasteiger partial charge >= 0.3 is 11.9 Å². The summed E-state index contributed by atoms with van der Waals surface area (Å²) in [5.41, 5.74) is -0.102. The Morgan fingerprint density at radius 2 is 1.93 bits per heavy atom. The Balaban J connectivity index is 2.83. The van der Waals surface area contributed by atoms with Crippen LogP contribution < -0.4 is 4.74 Å². The van der Waals surface area contributed by atoms with Gasteiger partial charge in [-0.15, -0.1) is 0 Å². The van der Waals surface area contributed by atoms with Gasteiger partial charge in [-0.2, -0.15) is 0 Å². The number of aliphatic carboxylic acids is 1. The maximum Gasteiger partial charge on any atom is 0.341 e. The molecule has 0 atom stereocenters. The molecule has 6 nitrogen and oxygen atoms in total. The van der Waals surface area contributed by atoms with Crippen molar-refractivity contribution < 1.29 is 29.6 Å². The summed E-state index contributed by atoms with van der Waals surface area (Å²) >= 11 is 0. The lowest BCUT2D eigenvalue weighted by Crippen LogP contribution is -2.09. The Morgan fingerprint density at radius 1 is 1.27 bits per heavy atom. The lowest BCUT2D eigenvalue weighted by Gasteiger charge is -2.05. The molecule has 0 aliphatic rings. The first-order valence-electron chi connectivity index (χ1n) is 3.91. The lowest BCUT2D eigenvalue weighted by atomic mass is 10.2. The fraction of sp³-hybridized carbons (Fsp3) is 0.111. The molecule has 0 saturated heterocycles. The molecule has 0 spiro atoms. The van der Waals surface area contributed by atoms with Gasteiger partial charge in [-0.05, 0) is 18.2 Å². The predicted octanol–water partition coefficient (Wildman–Crippen LogP) is 0.554. The van der Waals surface area contributed by atoms with Crippen LogP contribution in [0.3, 0.4) is 0 Å². The molecular weight excluding hydrogens is 204 g/mol. The number of phenols is 1. The highest BCUT2D eigenvalue weighted by atomic mass is 16.5. The van der Waals surface area contributed by atoms with Gasteiger partial charge in [0, 0.05) is 0 Å². The van der Waals surface area contributed by atoms with Gasteiger partial charge in [0.2, 0.25) is 0 Å². The van der Waals surface area contributed by atoms with E-state index in [0.717, 1.165) is 6.07 Å². The van der Waals surface area contributed by atoms with E-state index in [0.29, 0.717) is 0 Å². The monoisotopic (exact) mass is 212 g/mol. The maximum atomic E-state index is 10.5. The standard InChI is InChI=1S/C9H8O6/c10-6-3-5(9(13)14)1-2-7(6)15-4-8(11)12/h1-3,10H,4H2,(H,11,12)(H,13,14). The van der Waals surface area contributed by atoms with Crippen molar-refractivity contribution in [3.8, 4) is 11.5 Å². The van der Waals surface area contributed by atoms with Crippen molar-refractivity contribution in [1.82, 2.24) is 0 Å². The third kappa shape index (κ3) is 2.87. The summed E-state index contributed by atoms with van der Waals surface area (Å²) in [6, 6.07) is 3.39. The van der Waals surface area contributed by atoms with E-state index >= 15 is 0 Å². The third-order valence-electron chi connectivity index (χ3n) is 1.56. The quantitative estimate of drug-likeness (QED) is 0.673. The Hall–Kier alpha value is -2.24. The molecule has 0 saturated carbocycles. The summed E-state index contributed by atoms with van der Waals surface area (Å²) in [6.07, 6.45) is 0. The highest BCUT2D eigenvalue weighted by Gasteiger charge is 2.09. The number of rotatable bonds is 4. The van der Waals surface area contributed by atoms with Crippen molar-refractivity contribution >= 4 is 11.9 Å². The molecule has 1 aromatic rings. The Bertz CT molecular complexity index is 398. The van der Waals surface area contributed by atoms with Gasteiger partial charge < -0.3 is 20.1 Å². The van der Waals surface area contributed by atoms with Crippen molar-refractivity contribution in [3.63, 3.8) is 0 Å². The molecule has 80 valence electrons. The summed E-state index contributed by atoms with van der Waals surface area (Å²) in [7, 11) is 0. The summed E-state index contributed by atoms with van der Waals surface area (Å²) in [5.74, 6) is -2.84. The van der Waals surface area contributed by atoms with Crippen LogP contribution in [-0.2, 0) is 4.79 Å². The number of ether oxygens (including phenoxy) is 1. The smallest absolute Gasteiger partial charge is 0.341 e. The first kappa shape index (κ1) is 10.8. The van der Waals surface area contributed by atoms with Crippen LogP contribution in [0.5, 0.6) is 11.5 Å².